The molecule has 1 atom stereocenters. The summed E-state index contributed by atoms with van der Waals surface area (Å²) in [6.07, 6.45) is 20.5. The molecule has 0 spiro atoms. The van der Waals surface area contributed by atoms with E-state index in [1.165, 1.54) is 82.6 Å². The first-order chi connectivity index (χ1) is 13.0. The Balaban J connectivity index is 1.96. The van der Waals surface area contributed by atoms with E-state index in [2.05, 4.69) is 33.8 Å². The van der Waals surface area contributed by atoms with Gasteiger partial charge in [-0.3, -0.25) is 4.79 Å². The van der Waals surface area contributed by atoms with Gasteiger partial charge in [-0.05, 0) is 49.7 Å². The summed E-state index contributed by atoms with van der Waals surface area (Å²) in [5, 5.41) is 0. The van der Waals surface area contributed by atoms with Crippen LogP contribution in [0.2, 0.25) is 0 Å². The Morgan fingerprint density at radius 2 is 1.63 bits per heavy atom. The van der Waals surface area contributed by atoms with E-state index in [1.54, 1.807) is 0 Å². The van der Waals surface area contributed by atoms with Crippen molar-refractivity contribution in [1.29, 1.82) is 0 Å². The van der Waals surface area contributed by atoms with Crippen LogP contribution in [0.5, 0.6) is 0 Å². The molecule has 1 aliphatic rings. The molecule has 0 N–H and O–H groups in total. The molecule has 0 aromatic heterocycles. The molecular formula is C25H46OS. The van der Waals surface area contributed by atoms with Crippen LogP contribution in [0.3, 0.4) is 0 Å². The third kappa shape index (κ3) is 11.4. The second-order valence-electron chi connectivity index (χ2n) is 9.34. The highest BCUT2D eigenvalue weighted by atomic mass is 32.2. The average Bonchev–Trinajstić information content (AvgIpc) is 2.61. The number of carbonyl (C=O) groups excluding carboxylic acids is 1. The minimum absolute atomic E-state index is 0.363. The molecule has 0 aromatic carbocycles. The average molecular weight is 395 g/mol. The zero-order valence-corrected chi connectivity index (χ0v) is 19.6. The van der Waals surface area contributed by atoms with Crippen molar-refractivity contribution in [2.45, 2.75) is 118 Å². The summed E-state index contributed by atoms with van der Waals surface area (Å²) in [7, 11) is 0. The Hall–Kier alpha value is -0.240. The van der Waals surface area contributed by atoms with Crippen LogP contribution in [0.25, 0.3) is 0 Å². The highest BCUT2D eigenvalue weighted by molar-refractivity contribution is 7.99. The van der Waals surface area contributed by atoms with Crippen LogP contribution in [0.1, 0.15) is 118 Å². The maximum absolute atomic E-state index is 12.2. The van der Waals surface area contributed by atoms with Gasteiger partial charge in [-0.15, -0.1) is 0 Å². The molecule has 158 valence electrons. The largest absolute Gasteiger partial charge is 0.299 e. The molecular weight excluding hydrogens is 348 g/mol. The van der Waals surface area contributed by atoms with Crippen molar-refractivity contribution in [3.05, 3.63) is 11.6 Å². The van der Waals surface area contributed by atoms with Crippen LogP contribution in [-0.2, 0) is 4.79 Å². The monoisotopic (exact) mass is 394 g/mol. The Labute approximate surface area is 174 Å². The molecule has 0 bridgehead atoms. The van der Waals surface area contributed by atoms with Crippen molar-refractivity contribution in [3.63, 3.8) is 0 Å². The molecule has 0 aromatic rings. The van der Waals surface area contributed by atoms with Crippen LogP contribution in [0.4, 0.5) is 0 Å². The van der Waals surface area contributed by atoms with Crippen LogP contribution < -0.4 is 0 Å². The van der Waals surface area contributed by atoms with Crippen molar-refractivity contribution in [3.8, 4) is 0 Å². The predicted octanol–water partition coefficient (Wildman–Crippen LogP) is 8.37. The van der Waals surface area contributed by atoms with Gasteiger partial charge < -0.3 is 0 Å². The Morgan fingerprint density at radius 3 is 2.22 bits per heavy atom. The molecule has 1 nitrogen and oxygen atoms in total. The van der Waals surface area contributed by atoms with Gasteiger partial charge in [-0.1, -0.05) is 90.2 Å². The lowest BCUT2D eigenvalue weighted by molar-refractivity contribution is -0.117. The summed E-state index contributed by atoms with van der Waals surface area (Å²) >= 11 is 1.86. The first-order valence-corrected chi connectivity index (χ1v) is 12.9. The van der Waals surface area contributed by atoms with E-state index in [-0.39, 0.29) is 0 Å². The first kappa shape index (κ1) is 24.8. The van der Waals surface area contributed by atoms with Crippen molar-refractivity contribution in [2.75, 3.05) is 11.5 Å². The van der Waals surface area contributed by atoms with E-state index < -0.39 is 0 Å². The minimum Gasteiger partial charge on any atom is -0.299 e. The predicted molar refractivity (Wildman–Crippen MR) is 124 cm³/mol. The van der Waals surface area contributed by atoms with Crippen LogP contribution in [-0.4, -0.2) is 17.3 Å². The third-order valence-corrected chi connectivity index (χ3v) is 7.47. The minimum atomic E-state index is 0.363. The van der Waals surface area contributed by atoms with E-state index in [0.717, 1.165) is 24.3 Å². The molecule has 1 rings (SSSR count). The fourth-order valence-corrected chi connectivity index (χ4v) is 5.40. The van der Waals surface area contributed by atoms with Gasteiger partial charge in [0.2, 0.25) is 0 Å². The van der Waals surface area contributed by atoms with Crippen molar-refractivity contribution < 1.29 is 4.79 Å². The normalized spacial score (nSPS) is 19.1. The topological polar surface area (TPSA) is 17.1 Å². The number of allylic oxidation sites excluding steroid dienone is 2. The summed E-state index contributed by atoms with van der Waals surface area (Å²) < 4.78 is 0. The second-order valence-corrected chi connectivity index (χ2v) is 10.4. The van der Waals surface area contributed by atoms with E-state index in [0.29, 0.717) is 17.1 Å². The molecule has 1 unspecified atom stereocenters. The third-order valence-electron chi connectivity index (χ3n) is 6.37. The van der Waals surface area contributed by atoms with E-state index in [4.69, 9.17) is 0 Å². The van der Waals surface area contributed by atoms with Gasteiger partial charge in [0.15, 0.2) is 0 Å². The molecule has 1 aliphatic carbocycles. The summed E-state index contributed by atoms with van der Waals surface area (Å²) in [6.45, 7) is 9.29. The highest BCUT2D eigenvalue weighted by Gasteiger charge is 2.32. The van der Waals surface area contributed by atoms with Crippen LogP contribution in [0, 0.1) is 11.3 Å². The number of hydrogen-bond donors (Lipinski definition) is 0. The molecule has 0 radical (unpaired) electrons. The van der Waals surface area contributed by atoms with Gasteiger partial charge in [0.05, 0.1) is 5.75 Å². The van der Waals surface area contributed by atoms with E-state index >= 15 is 0 Å². The number of carbonyl (C=O) groups is 1. The lowest BCUT2D eigenvalue weighted by Gasteiger charge is -2.38. The van der Waals surface area contributed by atoms with Crippen molar-refractivity contribution >= 4 is 17.5 Å². The fourth-order valence-electron chi connectivity index (χ4n) is 4.48. The van der Waals surface area contributed by atoms with Crippen LogP contribution in [0.15, 0.2) is 11.6 Å². The fraction of sp³-hybridized carbons (Fsp3) is 0.880. The van der Waals surface area contributed by atoms with Crippen LogP contribution >= 0.6 is 11.8 Å². The Morgan fingerprint density at radius 1 is 1.04 bits per heavy atom. The highest BCUT2D eigenvalue weighted by Crippen LogP contribution is 2.43. The summed E-state index contributed by atoms with van der Waals surface area (Å²) in [4.78, 5) is 12.2. The van der Waals surface area contributed by atoms with Gasteiger partial charge in [-0.25, -0.2) is 0 Å². The number of Topliss-reactive ketones (excluding diaryl/α,β-unsaturated/α-hetero) is 1. The molecule has 0 saturated carbocycles. The van der Waals surface area contributed by atoms with Gasteiger partial charge in [0.1, 0.15) is 5.78 Å². The molecule has 0 aliphatic heterocycles. The van der Waals surface area contributed by atoms with Gasteiger partial charge in [-0.2, -0.15) is 11.8 Å². The van der Waals surface area contributed by atoms with Crippen molar-refractivity contribution in [2.24, 2.45) is 11.3 Å². The molecule has 0 amide bonds. The first-order valence-electron chi connectivity index (χ1n) is 11.7. The number of unbranched alkanes of at least 4 members (excludes halogenated alkanes) is 9. The molecule has 27 heavy (non-hydrogen) atoms. The number of rotatable bonds is 16. The lowest BCUT2D eigenvalue weighted by atomic mass is 9.67. The Bertz CT molecular complexity index is 424. The maximum Gasteiger partial charge on any atom is 0.142 e. The SMILES string of the molecule is CCCCCCCCCCCCSCC(=O)CCC1C(C)=CCCC1(C)C. The summed E-state index contributed by atoms with van der Waals surface area (Å²) in [6, 6.07) is 0. The number of ketones is 1. The zero-order valence-electron chi connectivity index (χ0n) is 18.8. The molecule has 0 saturated heterocycles. The van der Waals surface area contributed by atoms with Gasteiger partial charge in [0, 0.05) is 6.42 Å². The number of thioether (sulfide) groups is 1. The smallest absolute Gasteiger partial charge is 0.142 e. The Kier molecular flexibility index (Phi) is 13.5. The maximum atomic E-state index is 12.2. The molecule has 0 fully saturated rings. The summed E-state index contributed by atoms with van der Waals surface area (Å²) in [5.41, 5.74) is 1.87. The van der Waals surface area contributed by atoms with Gasteiger partial charge >= 0.3 is 0 Å². The number of hydrogen-bond acceptors (Lipinski definition) is 2. The van der Waals surface area contributed by atoms with Crippen molar-refractivity contribution in [1.82, 2.24) is 0 Å². The zero-order chi connectivity index (χ0) is 20.0. The standard InChI is InChI=1S/C25H46OS/c1-5-6-7-8-9-10-11-12-13-14-20-27-21-23(26)17-18-24-22(2)16-15-19-25(24,3)4/h16,24H,5-15,17-21H2,1-4H3. The van der Waals surface area contributed by atoms with E-state index in [9.17, 15) is 4.79 Å². The van der Waals surface area contributed by atoms with Gasteiger partial charge in [0.25, 0.3) is 0 Å². The molecule has 2 heteroatoms. The summed E-state index contributed by atoms with van der Waals surface area (Å²) in [5.74, 6) is 2.95. The quantitative estimate of drug-likeness (QED) is 0.193. The van der Waals surface area contributed by atoms with E-state index in [1.807, 2.05) is 11.8 Å². The lowest BCUT2D eigenvalue weighted by Crippen LogP contribution is -2.28. The molecule has 0 heterocycles. The second kappa shape index (κ2) is 14.7.